The number of carbonyl (C=O) groups is 1. The Bertz CT molecular complexity index is 610. The van der Waals surface area contributed by atoms with Crippen LogP contribution in [0.15, 0.2) is 36.4 Å². The average molecular weight is 244 g/mol. The van der Waals surface area contributed by atoms with E-state index in [0.29, 0.717) is 19.0 Å². The third kappa shape index (κ3) is 2.80. The Labute approximate surface area is 108 Å². The van der Waals surface area contributed by atoms with E-state index in [2.05, 4.69) is 5.32 Å². The molecule has 2 aromatic carbocycles. The van der Waals surface area contributed by atoms with Crippen molar-refractivity contribution < 1.29 is 10.9 Å². The zero-order valence-electron chi connectivity index (χ0n) is 11.6. The van der Waals surface area contributed by atoms with Gasteiger partial charge in [-0.2, -0.15) is 0 Å². The number of hydrogen-bond donors (Lipinski definition) is 1. The van der Waals surface area contributed by atoms with E-state index in [1.54, 1.807) is 7.11 Å². The van der Waals surface area contributed by atoms with Gasteiger partial charge in [-0.05, 0) is 34.9 Å². The lowest BCUT2D eigenvalue weighted by atomic mass is 10.0. The van der Waals surface area contributed by atoms with Gasteiger partial charge in [0.25, 0.3) is 0 Å². The smallest absolute Gasteiger partial charge is 0.216 e. The van der Waals surface area contributed by atoms with Crippen molar-refractivity contribution in [2.75, 3.05) is 13.7 Å². The normalized spacial score (nSPS) is 11.1. The zero-order chi connectivity index (χ0) is 13.8. The van der Waals surface area contributed by atoms with Gasteiger partial charge in [-0.25, -0.2) is 0 Å². The highest BCUT2D eigenvalue weighted by Crippen LogP contribution is 2.24. The van der Waals surface area contributed by atoms with Gasteiger partial charge in [-0.3, -0.25) is 4.79 Å². The molecule has 0 saturated carbocycles. The van der Waals surface area contributed by atoms with E-state index in [4.69, 9.17) is 6.11 Å². The Morgan fingerprint density at radius 2 is 2.22 bits per heavy atom. The first-order chi connectivity index (χ1) is 9.10. The van der Waals surface area contributed by atoms with Crippen molar-refractivity contribution in [1.29, 1.82) is 0 Å². The number of amides is 1. The van der Waals surface area contributed by atoms with Crippen molar-refractivity contribution in [2.24, 2.45) is 0 Å². The maximum Gasteiger partial charge on any atom is 0.216 e. The fourth-order valence-electron chi connectivity index (χ4n) is 1.96. The van der Waals surface area contributed by atoms with Gasteiger partial charge in [0.2, 0.25) is 5.91 Å². The number of fused-ring (bicyclic) bond motifs is 1. The highest BCUT2D eigenvalue weighted by atomic mass is 16.5. The summed E-state index contributed by atoms with van der Waals surface area (Å²) in [5.74, 6) is 0.759. The molecular formula is C15H17NO2. The molecule has 0 heterocycles. The topological polar surface area (TPSA) is 38.3 Å². The van der Waals surface area contributed by atoms with E-state index in [9.17, 15) is 4.79 Å². The molecule has 3 heteroatoms. The van der Waals surface area contributed by atoms with E-state index in [1.807, 2.05) is 30.3 Å². The summed E-state index contributed by atoms with van der Waals surface area (Å²) in [6, 6.07) is 9.96. The molecule has 18 heavy (non-hydrogen) atoms. The third-order valence-electron chi connectivity index (χ3n) is 2.87. The number of methoxy groups -OCH3 is 1. The Morgan fingerprint density at radius 1 is 1.39 bits per heavy atom. The summed E-state index contributed by atoms with van der Waals surface area (Å²) in [4.78, 5) is 10.9. The molecule has 0 spiro atoms. The standard InChI is InChI=1S/C15H17NO2/c1-11(17)16-9-8-13-5-3-4-12-6-7-14(18-2)10-15(12)13/h3-7,10H,8-9H2,1-2H3,(H,16,17)/i3D. The first-order valence-corrected chi connectivity index (χ1v) is 5.92. The van der Waals surface area contributed by atoms with Gasteiger partial charge in [-0.15, -0.1) is 0 Å². The molecule has 3 nitrogen and oxygen atoms in total. The highest BCUT2D eigenvalue weighted by molar-refractivity contribution is 5.87. The lowest BCUT2D eigenvalue weighted by Gasteiger charge is -2.08. The van der Waals surface area contributed by atoms with Crippen molar-refractivity contribution in [3.8, 4) is 5.75 Å². The van der Waals surface area contributed by atoms with Crippen LogP contribution in [0.1, 0.15) is 13.9 Å². The van der Waals surface area contributed by atoms with Gasteiger partial charge in [0.1, 0.15) is 5.75 Å². The molecule has 2 aromatic rings. The SMILES string of the molecule is [2H]c1cc(CCNC(C)=O)c2cc(OC)ccc2c1. The predicted octanol–water partition coefficient (Wildman–Crippen LogP) is 2.53. The first kappa shape index (κ1) is 11.1. The summed E-state index contributed by atoms with van der Waals surface area (Å²) >= 11 is 0. The van der Waals surface area contributed by atoms with Gasteiger partial charge < -0.3 is 10.1 Å². The third-order valence-corrected chi connectivity index (χ3v) is 2.87. The molecule has 0 unspecified atom stereocenters. The zero-order valence-corrected chi connectivity index (χ0v) is 10.6. The maximum absolute atomic E-state index is 10.9. The van der Waals surface area contributed by atoms with Crippen LogP contribution in [0.5, 0.6) is 5.75 Å². The number of nitrogens with one attached hydrogen (secondary N) is 1. The van der Waals surface area contributed by atoms with Crippen LogP contribution in [0.25, 0.3) is 10.8 Å². The second-order valence-electron chi connectivity index (χ2n) is 4.17. The van der Waals surface area contributed by atoms with Crippen molar-refractivity contribution in [2.45, 2.75) is 13.3 Å². The summed E-state index contributed by atoms with van der Waals surface area (Å²) < 4.78 is 13.1. The molecule has 0 aliphatic carbocycles. The van der Waals surface area contributed by atoms with Crippen LogP contribution >= 0.6 is 0 Å². The van der Waals surface area contributed by atoms with Crippen LogP contribution in [0.4, 0.5) is 0 Å². The van der Waals surface area contributed by atoms with E-state index in [1.165, 1.54) is 6.92 Å². The molecule has 0 radical (unpaired) electrons. The summed E-state index contributed by atoms with van der Waals surface area (Å²) in [5.41, 5.74) is 1.05. The molecule has 1 amide bonds. The Balaban J connectivity index is 2.36. The predicted molar refractivity (Wildman–Crippen MR) is 72.9 cm³/mol. The van der Waals surface area contributed by atoms with Crippen LogP contribution in [-0.4, -0.2) is 19.6 Å². The molecule has 0 saturated heterocycles. The first-order valence-electron chi connectivity index (χ1n) is 6.42. The van der Waals surface area contributed by atoms with E-state index >= 15 is 0 Å². The number of hydrogen-bond acceptors (Lipinski definition) is 2. The van der Waals surface area contributed by atoms with Gasteiger partial charge in [0.15, 0.2) is 0 Å². The van der Waals surface area contributed by atoms with Crippen LogP contribution in [0.2, 0.25) is 0 Å². The number of rotatable bonds is 4. The molecule has 0 atom stereocenters. The molecule has 0 aliphatic heterocycles. The second kappa shape index (κ2) is 5.54. The Morgan fingerprint density at radius 3 is 2.94 bits per heavy atom. The Hall–Kier alpha value is -2.03. The maximum atomic E-state index is 10.9. The lowest BCUT2D eigenvalue weighted by Crippen LogP contribution is -2.22. The van der Waals surface area contributed by atoms with E-state index in [0.717, 1.165) is 22.1 Å². The summed E-state index contributed by atoms with van der Waals surface area (Å²) in [6.45, 7) is 2.08. The molecule has 94 valence electrons. The highest BCUT2D eigenvalue weighted by Gasteiger charge is 2.03. The summed E-state index contributed by atoms with van der Waals surface area (Å²) in [6.07, 6.45) is 0.704. The fourth-order valence-corrected chi connectivity index (χ4v) is 1.96. The van der Waals surface area contributed by atoms with Crippen molar-refractivity contribution in [3.05, 3.63) is 41.9 Å². The molecule has 1 N–H and O–H groups in total. The summed E-state index contributed by atoms with van der Waals surface area (Å²) in [7, 11) is 1.64. The number of carbonyl (C=O) groups excluding carboxylic acids is 1. The Kier molecular flexibility index (Phi) is 3.41. The van der Waals surface area contributed by atoms with Crippen molar-refractivity contribution in [1.82, 2.24) is 5.32 Å². The second-order valence-corrected chi connectivity index (χ2v) is 4.17. The molecule has 0 aromatic heterocycles. The van der Waals surface area contributed by atoms with Gasteiger partial charge >= 0.3 is 0 Å². The van der Waals surface area contributed by atoms with Gasteiger partial charge in [-0.1, -0.05) is 24.2 Å². The largest absolute Gasteiger partial charge is 0.497 e. The quantitative estimate of drug-likeness (QED) is 0.897. The summed E-state index contributed by atoms with van der Waals surface area (Å²) in [5, 5.41) is 4.87. The van der Waals surface area contributed by atoms with Crippen LogP contribution in [0, 0.1) is 0 Å². The van der Waals surface area contributed by atoms with E-state index in [-0.39, 0.29) is 5.91 Å². The molecular weight excluding hydrogens is 226 g/mol. The van der Waals surface area contributed by atoms with Crippen LogP contribution in [0.3, 0.4) is 0 Å². The van der Waals surface area contributed by atoms with Gasteiger partial charge in [0, 0.05) is 13.5 Å². The number of ether oxygens (including phenoxy) is 1. The minimum atomic E-state index is -0.0380. The van der Waals surface area contributed by atoms with E-state index < -0.39 is 0 Å². The molecule has 0 bridgehead atoms. The monoisotopic (exact) mass is 244 g/mol. The average Bonchev–Trinajstić information content (AvgIpc) is 2.37. The van der Waals surface area contributed by atoms with Gasteiger partial charge in [0.05, 0.1) is 8.48 Å². The minimum absolute atomic E-state index is 0.0380. The van der Waals surface area contributed by atoms with Crippen molar-refractivity contribution >= 4 is 16.7 Å². The molecule has 0 fully saturated rings. The molecule has 0 aliphatic rings. The van der Waals surface area contributed by atoms with Crippen LogP contribution in [-0.2, 0) is 11.2 Å². The minimum Gasteiger partial charge on any atom is -0.497 e. The molecule has 2 rings (SSSR count). The van der Waals surface area contributed by atoms with Crippen LogP contribution < -0.4 is 10.1 Å². The van der Waals surface area contributed by atoms with Crippen molar-refractivity contribution in [3.63, 3.8) is 0 Å². The fraction of sp³-hybridized carbons (Fsp3) is 0.267. The number of benzene rings is 2. The lowest BCUT2D eigenvalue weighted by molar-refractivity contribution is -0.118.